The fourth-order valence-electron chi connectivity index (χ4n) is 2.22. The van der Waals surface area contributed by atoms with Gasteiger partial charge in [0.25, 0.3) is 0 Å². The third-order valence-corrected chi connectivity index (χ3v) is 3.02. The minimum Gasteiger partial charge on any atom is -0.376 e. The molecule has 0 aromatic heterocycles. The molecule has 0 aromatic carbocycles. The molecule has 0 amide bonds. The second-order valence-corrected chi connectivity index (χ2v) is 4.06. The molecule has 0 saturated heterocycles. The van der Waals surface area contributed by atoms with Crippen LogP contribution in [0.25, 0.3) is 0 Å². The Morgan fingerprint density at radius 3 is 3.15 bits per heavy atom. The monoisotopic (exact) mass is 181 g/mol. The van der Waals surface area contributed by atoms with E-state index in [0.29, 0.717) is 18.6 Å². The standard InChI is InChI=1S/C11H19NO/c12-6-7-13-11-5-3-1-2-4-9-8-10(9)11/h8,10-11H,1-7,12H2. The van der Waals surface area contributed by atoms with Gasteiger partial charge in [-0.05, 0) is 19.3 Å². The van der Waals surface area contributed by atoms with Crippen molar-refractivity contribution >= 4 is 0 Å². The van der Waals surface area contributed by atoms with Gasteiger partial charge in [0.15, 0.2) is 0 Å². The maximum Gasteiger partial charge on any atom is 0.0675 e. The molecule has 0 bridgehead atoms. The minimum absolute atomic E-state index is 0.457. The Kier molecular flexibility index (Phi) is 3.01. The number of hydrogen-bond donors (Lipinski definition) is 1. The lowest BCUT2D eigenvalue weighted by Crippen LogP contribution is -2.22. The summed E-state index contributed by atoms with van der Waals surface area (Å²) in [5.41, 5.74) is 7.07. The first kappa shape index (κ1) is 9.22. The Balaban J connectivity index is 1.80. The molecule has 2 aliphatic carbocycles. The second-order valence-electron chi connectivity index (χ2n) is 4.06. The van der Waals surface area contributed by atoms with Crippen LogP contribution in [-0.2, 0) is 4.74 Å². The Morgan fingerprint density at radius 2 is 2.31 bits per heavy atom. The molecular formula is C11H19NO. The third kappa shape index (κ3) is 2.32. The van der Waals surface area contributed by atoms with Crippen LogP contribution in [-0.4, -0.2) is 19.3 Å². The van der Waals surface area contributed by atoms with Crippen LogP contribution in [0.5, 0.6) is 0 Å². The topological polar surface area (TPSA) is 35.2 Å². The van der Waals surface area contributed by atoms with Crippen molar-refractivity contribution in [2.75, 3.05) is 13.2 Å². The molecule has 0 aliphatic heterocycles. The van der Waals surface area contributed by atoms with Gasteiger partial charge in [-0.3, -0.25) is 0 Å². The molecule has 2 nitrogen and oxygen atoms in total. The number of ether oxygens (including phenoxy) is 1. The Labute approximate surface area is 80.1 Å². The number of nitrogens with two attached hydrogens (primary N) is 1. The van der Waals surface area contributed by atoms with Crippen LogP contribution < -0.4 is 5.73 Å². The van der Waals surface area contributed by atoms with Crippen LogP contribution in [0.15, 0.2) is 11.6 Å². The zero-order chi connectivity index (χ0) is 9.10. The quantitative estimate of drug-likeness (QED) is 0.674. The highest BCUT2D eigenvalue weighted by Crippen LogP contribution is 2.40. The zero-order valence-corrected chi connectivity index (χ0v) is 8.17. The number of fused-ring (bicyclic) bond motifs is 1. The van der Waals surface area contributed by atoms with Crippen molar-refractivity contribution in [3.8, 4) is 0 Å². The van der Waals surface area contributed by atoms with Gasteiger partial charge in [0.1, 0.15) is 0 Å². The zero-order valence-electron chi connectivity index (χ0n) is 8.17. The van der Waals surface area contributed by atoms with Crippen molar-refractivity contribution < 1.29 is 4.74 Å². The molecule has 2 N–H and O–H groups in total. The van der Waals surface area contributed by atoms with Gasteiger partial charge < -0.3 is 10.5 Å². The Hall–Kier alpha value is -0.340. The van der Waals surface area contributed by atoms with Crippen molar-refractivity contribution in [1.29, 1.82) is 0 Å². The van der Waals surface area contributed by atoms with Crippen molar-refractivity contribution in [2.45, 2.75) is 38.2 Å². The summed E-state index contributed by atoms with van der Waals surface area (Å²) in [5.74, 6) is 0.687. The smallest absolute Gasteiger partial charge is 0.0675 e. The summed E-state index contributed by atoms with van der Waals surface area (Å²) in [4.78, 5) is 0. The van der Waals surface area contributed by atoms with E-state index in [1.807, 2.05) is 0 Å². The van der Waals surface area contributed by atoms with Crippen LogP contribution in [0.4, 0.5) is 0 Å². The Morgan fingerprint density at radius 1 is 1.38 bits per heavy atom. The van der Waals surface area contributed by atoms with E-state index in [4.69, 9.17) is 10.5 Å². The highest BCUT2D eigenvalue weighted by molar-refractivity contribution is 5.31. The predicted molar refractivity (Wildman–Crippen MR) is 53.5 cm³/mol. The highest BCUT2D eigenvalue weighted by Gasteiger charge is 2.33. The van der Waals surface area contributed by atoms with E-state index in [9.17, 15) is 0 Å². The largest absolute Gasteiger partial charge is 0.376 e. The molecule has 0 heterocycles. The average Bonchev–Trinajstić information content (AvgIpc) is 2.83. The summed E-state index contributed by atoms with van der Waals surface area (Å²) in [6, 6.07) is 0. The lowest BCUT2D eigenvalue weighted by atomic mass is 9.97. The van der Waals surface area contributed by atoms with Crippen LogP contribution in [0.3, 0.4) is 0 Å². The molecule has 2 unspecified atom stereocenters. The molecule has 1 saturated carbocycles. The van der Waals surface area contributed by atoms with Gasteiger partial charge in [-0.25, -0.2) is 0 Å². The fraction of sp³-hybridized carbons (Fsp3) is 0.818. The van der Waals surface area contributed by atoms with E-state index in [1.165, 1.54) is 32.1 Å². The van der Waals surface area contributed by atoms with Crippen molar-refractivity contribution in [1.82, 2.24) is 0 Å². The summed E-state index contributed by atoms with van der Waals surface area (Å²) in [6.07, 6.45) is 9.45. The number of rotatable bonds is 3. The average molecular weight is 181 g/mol. The van der Waals surface area contributed by atoms with Gasteiger partial charge in [-0.1, -0.05) is 24.5 Å². The van der Waals surface area contributed by atoms with Gasteiger partial charge in [0.05, 0.1) is 12.7 Å². The third-order valence-electron chi connectivity index (χ3n) is 3.02. The molecule has 2 heteroatoms. The molecule has 2 atom stereocenters. The van der Waals surface area contributed by atoms with Gasteiger partial charge in [-0.15, -0.1) is 0 Å². The first-order valence-corrected chi connectivity index (χ1v) is 5.44. The summed E-state index contributed by atoms with van der Waals surface area (Å²) < 4.78 is 5.74. The lowest BCUT2D eigenvalue weighted by molar-refractivity contribution is 0.0379. The molecule has 2 aliphatic rings. The maximum absolute atomic E-state index is 5.74. The molecule has 74 valence electrons. The summed E-state index contributed by atoms with van der Waals surface area (Å²) in [7, 11) is 0. The van der Waals surface area contributed by atoms with Crippen LogP contribution in [0, 0.1) is 5.92 Å². The lowest BCUT2D eigenvalue weighted by Gasteiger charge is -2.20. The molecule has 0 radical (unpaired) electrons. The van der Waals surface area contributed by atoms with Crippen LogP contribution in [0.2, 0.25) is 0 Å². The van der Waals surface area contributed by atoms with E-state index in [0.717, 1.165) is 6.61 Å². The van der Waals surface area contributed by atoms with E-state index >= 15 is 0 Å². The molecule has 1 fully saturated rings. The van der Waals surface area contributed by atoms with Crippen LogP contribution >= 0.6 is 0 Å². The fourth-order valence-corrected chi connectivity index (χ4v) is 2.22. The maximum atomic E-state index is 5.74. The minimum atomic E-state index is 0.457. The number of hydrogen-bond acceptors (Lipinski definition) is 2. The van der Waals surface area contributed by atoms with Gasteiger partial charge in [0.2, 0.25) is 0 Å². The second kappa shape index (κ2) is 4.25. The highest BCUT2D eigenvalue weighted by atomic mass is 16.5. The van der Waals surface area contributed by atoms with Gasteiger partial charge in [0, 0.05) is 12.5 Å². The first-order chi connectivity index (χ1) is 6.42. The summed E-state index contributed by atoms with van der Waals surface area (Å²) in [6.45, 7) is 1.38. The van der Waals surface area contributed by atoms with Crippen molar-refractivity contribution in [3.05, 3.63) is 11.6 Å². The van der Waals surface area contributed by atoms with E-state index in [2.05, 4.69) is 6.08 Å². The summed E-state index contributed by atoms with van der Waals surface area (Å²) >= 11 is 0. The van der Waals surface area contributed by atoms with E-state index in [-0.39, 0.29) is 0 Å². The summed E-state index contributed by atoms with van der Waals surface area (Å²) in [5, 5.41) is 0. The van der Waals surface area contributed by atoms with Gasteiger partial charge >= 0.3 is 0 Å². The van der Waals surface area contributed by atoms with E-state index < -0.39 is 0 Å². The molecule has 0 aromatic rings. The van der Waals surface area contributed by atoms with Crippen LogP contribution in [0.1, 0.15) is 32.1 Å². The molecule has 13 heavy (non-hydrogen) atoms. The Bertz CT molecular complexity index is 198. The van der Waals surface area contributed by atoms with E-state index in [1.54, 1.807) is 5.57 Å². The normalized spacial score (nSPS) is 32.8. The predicted octanol–water partition coefficient (Wildman–Crippen LogP) is 1.85. The van der Waals surface area contributed by atoms with Gasteiger partial charge in [-0.2, -0.15) is 0 Å². The molecule has 2 rings (SSSR count). The first-order valence-electron chi connectivity index (χ1n) is 5.44. The van der Waals surface area contributed by atoms with Crippen molar-refractivity contribution in [2.24, 2.45) is 11.7 Å². The SMILES string of the molecule is NCCOC1CCCCCC2=CC21. The molecular weight excluding hydrogens is 162 g/mol. The van der Waals surface area contributed by atoms with Crippen molar-refractivity contribution in [3.63, 3.8) is 0 Å². The molecule has 0 spiro atoms.